The highest BCUT2D eigenvalue weighted by Gasteiger charge is 2.33. The quantitative estimate of drug-likeness (QED) is 0.813. The molecular weight excluding hydrogens is 399 g/mol. The number of nitrogens with zero attached hydrogens (tertiary/aromatic N) is 3. The van der Waals surface area contributed by atoms with Gasteiger partial charge in [0.15, 0.2) is 0 Å². The van der Waals surface area contributed by atoms with E-state index in [2.05, 4.69) is 10.2 Å². The van der Waals surface area contributed by atoms with Gasteiger partial charge in [0.25, 0.3) is 11.5 Å². The SMILES string of the molecule is Cc1c(Cc2ccc(F)c(C(=O)N3CCN(C4CCCC4)C(=O)C3)c2)n[nH]c(=O)c1C. The smallest absolute Gasteiger partial charge is 0.267 e. The first-order valence-electron chi connectivity index (χ1n) is 10.8. The van der Waals surface area contributed by atoms with Gasteiger partial charge in [0.2, 0.25) is 5.91 Å². The average Bonchev–Trinajstić information content (AvgIpc) is 3.29. The fourth-order valence-corrected chi connectivity index (χ4v) is 4.52. The van der Waals surface area contributed by atoms with Crippen molar-refractivity contribution in [2.24, 2.45) is 0 Å². The van der Waals surface area contributed by atoms with Crippen molar-refractivity contribution in [2.45, 2.75) is 52.0 Å². The van der Waals surface area contributed by atoms with Gasteiger partial charge in [0, 0.05) is 31.1 Å². The fourth-order valence-electron chi connectivity index (χ4n) is 4.52. The first kappa shape index (κ1) is 21.2. The van der Waals surface area contributed by atoms with Gasteiger partial charge in [-0.1, -0.05) is 18.9 Å². The van der Waals surface area contributed by atoms with Crippen molar-refractivity contribution in [3.63, 3.8) is 0 Å². The van der Waals surface area contributed by atoms with Gasteiger partial charge in [-0.05, 0) is 49.9 Å². The molecule has 2 fully saturated rings. The highest BCUT2D eigenvalue weighted by molar-refractivity contribution is 5.97. The fraction of sp³-hybridized carbons (Fsp3) is 0.478. The number of aromatic amines is 1. The minimum Gasteiger partial charge on any atom is -0.336 e. The van der Waals surface area contributed by atoms with Gasteiger partial charge in [-0.15, -0.1) is 0 Å². The highest BCUT2D eigenvalue weighted by atomic mass is 19.1. The number of halogens is 1. The van der Waals surface area contributed by atoms with Gasteiger partial charge in [0.1, 0.15) is 12.4 Å². The molecule has 31 heavy (non-hydrogen) atoms. The summed E-state index contributed by atoms with van der Waals surface area (Å²) >= 11 is 0. The van der Waals surface area contributed by atoms with E-state index >= 15 is 0 Å². The largest absolute Gasteiger partial charge is 0.336 e. The number of carbonyl (C=O) groups excluding carboxylic acids is 2. The maximum Gasteiger partial charge on any atom is 0.267 e. The topological polar surface area (TPSA) is 86.4 Å². The Labute approximate surface area is 180 Å². The van der Waals surface area contributed by atoms with Gasteiger partial charge in [-0.2, -0.15) is 5.10 Å². The molecule has 0 atom stereocenters. The van der Waals surface area contributed by atoms with Crippen LogP contribution in [0.5, 0.6) is 0 Å². The van der Waals surface area contributed by atoms with Crippen molar-refractivity contribution >= 4 is 11.8 Å². The number of rotatable bonds is 4. The van der Waals surface area contributed by atoms with Crippen LogP contribution in [-0.4, -0.2) is 57.5 Å². The average molecular weight is 426 g/mol. The Morgan fingerprint density at radius 1 is 1.16 bits per heavy atom. The van der Waals surface area contributed by atoms with Crippen LogP contribution in [0.4, 0.5) is 4.39 Å². The minimum absolute atomic E-state index is 0.0151. The van der Waals surface area contributed by atoms with E-state index in [1.165, 1.54) is 17.0 Å². The second-order valence-corrected chi connectivity index (χ2v) is 8.49. The lowest BCUT2D eigenvalue weighted by Crippen LogP contribution is -2.55. The molecule has 1 saturated carbocycles. The third-order valence-electron chi connectivity index (χ3n) is 6.57. The third-order valence-corrected chi connectivity index (χ3v) is 6.57. The van der Waals surface area contributed by atoms with Crippen molar-refractivity contribution in [3.8, 4) is 0 Å². The molecule has 7 nitrogen and oxygen atoms in total. The number of hydrogen-bond acceptors (Lipinski definition) is 4. The Kier molecular flexibility index (Phi) is 5.89. The molecule has 1 aromatic heterocycles. The summed E-state index contributed by atoms with van der Waals surface area (Å²) in [5.74, 6) is -1.14. The van der Waals surface area contributed by atoms with E-state index in [1.54, 1.807) is 13.0 Å². The number of aromatic nitrogens is 2. The molecular formula is C23H27FN4O3. The van der Waals surface area contributed by atoms with Crippen LogP contribution in [0, 0.1) is 19.7 Å². The molecule has 2 aliphatic rings. The summed E-state index contributed by atoms with van der Waals surface area (Å²) in [5.41, 5.74) is 2.46. The Morgan fingerprint density at radius 2 is 1.90 bits per heavy atom. The van der Waals surface area contributed by atoms with Gasteiger partial charge >= 0.3 is 0 Å². The van der Waals surface area contributed by atoms with E-state index in [9.17, 15) is 18.8 Å². The first-order valence-corrected chi connectivity index (χ1v) is 10.8. The van der Waals surface area contributed by atoms with E-state index in [0.29, 0.717) is 36.3 Å². The molecule has 4 rings (SSSR count). The van der Waals surface area contributed by atoms with E-state index in [-0.39, 0.29) is 29.6 Å². The Bertz CT molecular complexity index is 1070. The van der Waals surface area contributed by atoms with E-state index in [0.717, 1.165) is 31.2 Å². The molecule has 2 heterocycles. The molecule has 0 bridgehead atoms. The summed E-state index contributed by atoms with van der Waals surface area (Å²) in [5, 5.41) is 6.56. The lowest BCUT2D eigenvalue weighted by molar-refractivity contribution is -0.137. The number of amides is 2. The van der Waals surface area contributed by atoms with Crippen LogP contribution in [0.1, 0.15) is 58.4 Å². The monoisotopic (exact) mass is 426 g/mol. The minimum atomic E-state index is -0.609. The van der Waals surface area contributed by atoms with Crippen molar-refractivity contribution in [2.75, 3.05) is 19.6 Å². The van der Waals surface area contributed by atoms with E-state index < -0.39 is 11.7 Å². The maximum atomic E-state index is 14.5. The van der Waals surface area contributed by atoms with Crippen LogP contribution in [0.3, 0.4) is 0 Å². The second kappa shape index (κ2) is 8.61. The predicted octanol–water partition coefficient (Wildman–Crippen LogP) is 2.34. The molecule has 0 radical (unpaired) electrons. The van der Waals surface area contributed by atoms with E-state index in [4.69, 9.17) is 0 Å². The number of carbonyl (C=O) groups is 2. The van der Waals surface area contributed by atoms with Crippen LogP contribution >= 0.6 is 0 Å². The lowest BCUT2D eigenvalue weighted by Gasteiger charge is -2.37. The molecule has 1 saturated heterocycles. The molecule has 2 aromatic rings. The van der Waals surface area contributed by atoms with Gasteiger partial charge in [-0.3, -0.25) is 14.4 Å². The molecule has 1 aromatic carbocycles. The van der Waals surface area contributed by atoms with Crippen LogP contribution < -0.4 is 5.56 Å². The summed E-state index contributed by atoms with van der Waals surface area (Å²) < 4.78 is 14.5. The Balaban J connectivity index is 1.51. The molecule has 8 heteroatoms. The Morgan fingerprint density at radius 3 is 2.61 bits per heavy atom. The predicted molar refractivity (Wildman–Crippen MR) is 113 cm³/mol. The molecule has 1 aliphatic heterocycles. The number of benzene rings is 1. The third kappa shape index (κ3) is 4.24. The number of nitrogens with one attached hydrogen (secondary N) is 1. The van der Waals surface area contributed by atoms with Crippen LogP contribution in [0.15, 0.2) is 23.0 Å². The molecule has 1 N–H and O–H groups in total. The van der Waals surface area contributed by atoms with Crippen molar-refractivity contribution in [1.82, 2.24) is 20.0 Å². The summed E-state index contributed by atoms with van der Waals surface area (Å²) in [6.07, 6.45) is 4.68. The van der Waals surface area contributed by atoms with Gasteiger partial charge in [-0.25, -0.2) is 9.49 Å². The van der Waals surface area contributed by atoms with Crippen molar-refractivity contribution < 1.29 is 14.0 Å². The molecule has 164 valence electrons. The molecule has 0 unspecified atom stereocenters. The molecule has 2 amide bonds. The Hall–Kier alpha value is -3.03. The highest BCUT2D eigenvalue weighted by Crippen LogP contribution is 2.25. The maximum absolute atomic E-state index is 14.5. The van der Waals surface area contributed by atoms with Crippen molar-refractivity contribution in [3.05, 3.63) is 62.3 Å². The summed E-state index contributed by atoms with van der Waals surface area (Å²) in [4.78, 5) is 40.6. The van der Waals surface area contributed by atoms with Crippen molar-refractivity contribution in [1.29, 1.82) is 0 Å². The van der Waals surface area contributed by atoms with Crippen LogP contribution in [0.2, 0.25) is 0 Å². The summed E-state index contributed by atoms with van der Waals surface area (Å²) in [6.45, 7) is 4.43. The normalized spacial score (nSPS) is 17.5. The zero-order valence-corrected chi connectivity index (χ0v) is 17.9. The number of piperazine rings is 1. The van der Waals surface area contributed by atoms with Gasteiger partial charge < -0.3 is 9.80 Å². The summed E-state index contributed by atoms with van der Waals surface area (Å²) in [6, 6.07) is 4.68. The van der Waals surface area contributed by atoms with Gasteiger partial charge in [0.05, 0.1) is 11.3 Å². The second-order valence-electron chi connectivity index (χ2n) is 8.49. The first-order chi connectivity index (χ1) is 14.8. The zero-order valence-electron chi connectivity index (χ0n) is 17.9. The number of H-pyrrole nitrogens is 1. The van der Waals surface area contributed by atoms with Crippen LogP contribution in [-0.2, 0) is 11.2 Å². The van der Waals surface area contributed by atoms with Crippen LogP contribution in [0.25, 0.3) is 0 Å². The molecule has 1 aliphatic carbocycles. The summed E-state index contributed by atoms with van der Waals surface area (Å²) in [7, 11) is 0. The lowest BCUT2D eigenvalue weighted by atomic mass is 10.0. The zero-order chi connectivity index (χ0) is 22.1. The van der Waals surface area contributed by atoms with E-state index in [1.807, 2.05) is 11.8 Å². The number of hydrogen-bond donors (Lipinski definition) is 1. The standard InChI is InChI=1S/C23H27FN4O3/c1-14-15(2)22(30)26-25-20(14)12-16-7-8-19(24)18(11-16)23(31)27-9-10-28(21(29)13-27)17-5-3-4-6-17/h7-8,11,17H,3-6,9-10,12-13H2,1-2H3,(H,26,30). The molecule has 0 spiro atoms.